The van der Waals surface area contributed by atoms with Crippen LogP contribution in [0.2, 0.25) is 5.02 Å². The molecule has 0 unspecified atom stereocenters. The first-order valence-electron chi connectivity index (χ1n) is 5.31. The zero-order valence-corrected chi connectivity index (χ0v) is 11.6. The molecule has 1 heterocycles. The van der Waals surface area contributed by atoms with Gasteiger partial charge in [0.25, 0.3) is 0 Å². The van der Waals surface area contributed by atoms with Crippen LogP contribution in [-0.2, 0) is 0 Å². The van der Waals surface area contributed by atoms with E-state index >= 15 is 0 Å². The predicted octanol–water partition coefficient (Wildman–Crippen LogP) is 4.68. The van der Waals surface area contributed by atoms with Crippen LogP contribution in [-0.4, -0.2) is 4.98 Å². The van der Waals surface area contributed by atoms with Gasteiger partial charge in [-0.15, -0.1) is 11.3 Å². The number of anilines is 1. The summed E-state index contributed by atoms with van der Waals surface area (Å²) in [6, 6.07) is 13.6. The highest BCUT2D eigenvalue weighted by molar-refractivity contribution is 8.01. The topological polar surface area (TPSA) is 38.9 Å². The highest BCUT2D eigenvalue weighted by Gasteiger charge is 2.07. The van der Waals surface area contributed by atoms with Crippen molar-refractivity contribution in [3.05, 3.63) is 47.5 Å². The standard InChI is InChI=1S/C13H9ClN2S2/c14-8-5-6-12-10(7-8)16-13(18-12)17-11-4-2-1-3-9(11)15/h1-7H,15H2. The molecule has 0 amide bonds. The van der Waals surface area contributed by atoms with Crippen molar-refractivity contribution in [1.82, 2.24) is 4.98 Å². The highest BCUT2D eigenvalue weighted by Crippen LogP contribution is 2.37. The molecule has 3 aromatic rings. The fourth-order valence-corrected chi connectivity index (χ4v) is 3.80. The van der Waals surface area contributed by atoms with Crippen molar-refractivity contribution in [2.24, 2.45) is 0 Å². The van der Waals surface area contributed by atoms with Gasteiger partial charge in [-0.1, -0.05) is 35.5 Å². The minimum Gasteiger partial charge on any atom is -0.398 e. The van der Waals surface area contributed by atoms with Crippen LogP contribution >= 0.6 is 34.7 Å². The van der Waals surface area contributed by atoms with E-state index < -0.39 is 0 Å². The quantitative estimate of drug-likeness (QED) is 0.697. The number of nitrogens with zero attached hydrogens (tertiary/aromatic N) is 1. The molecule has 90 valence electrons. The van der Waals surface area contributed by atoms with E-state index in [-0.39, 0.29) is 0 Å². The van der Waals surface area contributed by atoms with Crippen LogP contribution in [0, 0.1) is 0 Å². The molecule has 18 heavy (non-hydrogen) atoms. The predicted molar refractivity (Wildman–Crippen MR) is 79.6 cm³/mol. The maximum Gasteiger partial charge on any atom is 0.155 e. The number of hydrogen-bond acceptors (Lipinski definition) is 4. The Morgan fingerprint density at radius 3 is 2.83 bits per heavy atom. The first-order chi connectivity index (χ1) is 8.72. The normalized spacial score (nSPS) is 10.9. The van der Waals surface area contributed by atoms with Crippen molar-refractivity contribution in [2.75, 3.05) is 5.73 Å². The van der Waals surface area contributed by atoms with Crippen molar-refractivity contribution < 1.29 is 0 Å². The molecule has 0 aliphatic rings. The van der Waals surface area contributed by atoms with Gasteiger partial charge in [-0.25, -0.2) is 4.98 Å². The number of aromatic nitrogens is 1. The van der Waals surface area contributed by atoms with E-state index in [1.807, 2.05) is 42.5 Å². The van der Waals surface area contributed by atoms with E-state index in [1.54, 1.807) is 23.1 Å². The average Bonchev–Trinajstić information content (AvgIpc) is 2.73. The lowest BCUT2D eigenvalue weighted by molar-refractivity contribution is 1.29. The largest absolute Gasteiger partial charge is 0.398 e. The molecule has 0 radical (unpaired) electrons. The summed E-state index contributed by atoms with van der Waals surface area (Å²) in [7, 11) is 0. The van der Waals surface area contributed by atoms with Gasteiger partial charge in [0, 0.05) is 15.6 Å². The first kappa shape index (κ1) is 11.8. The number of nitrogens with two attached hydrogens (primary N) is 1. The second-order valence-electron chi connectivity index (χ2n) is 3.73. The lowest BCUT2D eigenvalue weighted by atomic mass is 10.3. The van der Waals surface area contributed by atoms with Gasteiger partial charge in [0.1, 0.15) is 0 Å². The fourth-order valence-electron chi connectivity index (χ4n) is 1.59. The summed E-state index contributed by atoms with van der Waals surface area (Å²) in [6.07, 6.45) is 0. The molecule has 5 heteroatoms. The summed E-state index contributed by atoms with van der Waals surface area (Å²) in [5, 5.41) is 0.712. The van der Waals surface area contributed by atoms with Gasteiger partial charge >= 0.3 is 0 Å². The summed E-state index contributed by atoms with van der Waals surface area (Å²) < 4.78 is 2.11. The Bertz CT molecular complexity index is 709. The monoisotopic (exact) mass is 292 g/mol. The molecule has 0 saturated carbocycles. The molecule has 0 spiro atoms. The Balaban J connectivity index is 1.98. The molecule has 3 rings (SSSR count). The van der Waals surface area contributed by atoms with Crippen LogP contribution in [0.25, 0.3) is 10.2 Å². The van der Waals surface area contributed by atoms with Gasteiger partial charge in [0.05, 0.1) is 10.2 Å². The fraction of sp³-hybridized carbons (Fsp3) is 0. The lowest BCUT2D eigenvalue weighted by Crippen LogP contribution is -1.86. The van der Waals surface area contributed by atoms with Crippen molar-refractivity contribution in [3.63, 3.8) is 0 Å². The number of hydrogen-bond donors (Lipinski definition) is 1. The maximum atomic E-state index is 5.95. The summed E-state index contributed by atoms with van der Waals surface area (Å²) in [5.74, 6) is 0. The second kappa shape index (κ2) is 4.80. The van der Waals surface area contributed by atoms with Gasteiger partial charge in [0.15, 0.2) is 4.34 Å². The number of nitrogen functional groups attached to an aromatic ring is 1. The lowest BCUT2D eigenvalue weighted by Gasteiger charge is -2.00. The summed E-state index contributed by atoms with van der Waals surface area (Å²) in [5.41, 5.74) is 7.63. The van der Waals surface area contributed by atoms with Crippen LogP contribution in [0.15, 0.2) is 51.7 Å². The van der Waals surface area contributed by atoms with Crippen molar-refractivity contribution in [1.29, 1.82) is 0 Å². The summed E-state index contributed by atoms with van der Waals surface area (Å²) >= 11 is 9.18. The minimum absolute atomic E-state index is 0.712. The molecule has 0 aliphatic carbocycles. The van der Waals surface area contributed by atoms with E-state index in [2.05, 4.69) is 4.98 Å². The van der Waals surface area contributed by atoms with Crippen LogP contribution in [0.3, 0.4) is 0 Å². The zero-order chi connectivity index (χ0) is 12.5. The van der Waals surface area contributed by atoms with Crippen LogP contribution in [0.1, 0.15) is 0 Å². The Morgan fingerprint density at radius 2 is 2.00 bits per heavy atom. The highest BCUT2D eigenvalue weighted by atomic mass is 35.5. The van der Waals surface area contributed by atoms with Crippen LogP contribution in [0.5, 0.6) is 0 Å². The van der Waals surface area contributed by atoms with Gasteiger partial charge in [-0.3, -0.25) is 0 Å². The third kappa shape index (κ3) is 2.32. The molecule has 2 nitrogen and oxygen atoms in total. The van der Waals surface area contributed by atoms with Crippen molar-refractivity contribution in [3.8, 4) is 0 Å². The molecule has 0 aliphatic heterocycles. The molecular weight excluding hydrogens is 284 g/mol. The average molecular weight is 293 g/mol. The van der Waals surface area contributed by atoms with Gasteiger partial charge in [-0.05, 0) is 30.3 Å². The van der Waals surface area contributed by atoms with E-state index in [4.69, 9.17) is 17.3 Å². The van der Waals surface area contributed by atoms with Crippen molar-refractivity contribution >= 4 is 50.6 Å². The maximum absolute atomic E-state index is 5.95. The molecular formula is C13H9ClN2S2. The third-order valence-corrected chi connectivity index (χ3v) is 4.87. The third-order valence-electron chi connectivity index (χ3n) is 2.45. The molecule has 2 aromatic carbocycles. The summed E-state index contributed by atoms with van der Waals surface area (Å²) in [6.45, 7) is 0. The number of fused-ring (bicyclic) bond motifs is 1. The molecule has 0 fully saturated rings. The Kier molecular flexibility index (Phi) is 3.16. The SMILES string of the molecule is Nc1ccccc1Sc1nc2cc(Cl)ccc2s1. The van der Waals surface area contributed by atoms with E-state index in [0.29, 0.717) is 5.02 Å². The van der Waals surface area contributed by atoms with E-state index in [9.17, 15) is 0 Å². The Hall–Kier alpha value is -1.23. The van der Waals surface area contributed by atoms with Crippen LogP contribution < -0.4 is 5.73 Å². The molecule has 0 bridgehead atoms. The molecule has 2 N–H and O–H groups in total. The number of benzene rings is 2. The minimum atomic E-state index is 0.712. The smallest absolute Gasteiger partial charge is 0.155 e. The Labute approximate surface area is 118 Å². The van der Waals surface area contributed by atoms with Gasteiger partial charge in [-0.2, -0.15) is 0 Å². The number of para-hydroxylation sites is 1. The Morgan fingerprint density at radius 1 is 1.17 bits per heavy atom. The van der Waals surface area contributed by atoms with Gasteiger partial charge in [0.2, 0.25) is 0 Å². The van der Waals surface area contributed by atoms with Crippen molar-refractivity contribution in [2.45, 2.75) is 9.24 Å². The zero-order valence-electron chi connectivity index (χ0n) is 9.26. The first-order valence-corrected chi connectivity index (χ1v) is 7.32. The van der Waals surface area contributed by atoms with Gasteiger partial charge < -0.3 is 5.73 Å². The molecule has 0 saturated heterocycles. The second-order valence-corrected chi connectivity index (χ2v) is 6.49. The van der Waals surface area contributed by atoms with Crippen LogP contribution in [0.4, 0.5) is 5.69 Å². The number of halogens is 1. The van der Waals surface area contributed by atoms with E-state index in [0.717, 1.165) is 25.1 Å². The molecule has 0 atom stereocenters. The number of rotatable bonds is 2. The summed E-state index contributed by atoms with van der Waals surface area (Å²) in [4.78, 5) is 5.58. The molecule has 1 aromatic heterocycles. The number of thiazole rings is 1. The van der Waals surface area contributed by atoms with E-state index in [1.165, 1.54) is 0 Å².